The van der Waals surface area contributed by atoms with Crippen molar-refractivity contribution in [2.75, 3.05) is 13.1 Å². The fraction of sp³-hybridized carbons (Fsp3) is 0.333. The first-order valence-electron chi connectivity index (χ1n) is 8.24. The molecule has 0 radical (unpaired) electrons. The van der Waals surface area contributed by atoms with Gasteiger partial charge in [0.15, 0.2) is 0 Å². The number of hydrogen-bond acceptors (Lipinski definition) is 4. The molecule has 24 heavy (non-hydrogen) atoms. The van der Waals surface area contributed by atoms with Gasteiger partial charge in [0.05, 0.1) is 0 Å². The van der Waals surface area contributed by atoms with Gasteiger partial charge < -0.3 is 10.6 Å². The molecule has 1 saturated heterocycles. The second kappa shape index (κ2) is 6.37. The highest BCUT2D eigenvalue weighted by Gasteiger charge is 2.41. The second-order valence-electron chi connectivity index (χ2n) is 6.17. The van der Waals surface area contributed by atoms with Gasteiger partial charge in [-0.15, -0.1) is 11.3 Å². The Balaban J connectivity index is 1.55. The van der Waals surface area contributed by atoms with Gasteiger partial charge in [0.1, 0.15) is 5.54 Å². The van der Waals surface area contributed by atoms with Crippen molar-refractivity contribution in [3.8, 4) is 0 Å². The van der Waals surface area contributed by atoms with E-state index >= 15 is 0 Å². The molecule has 124 valence electrons. The normalized spacial score (nSPS) is 17.0. The topological polar surface area (TPSA) is 59.0 Å². The van der Waals surface area contributed by atoms with Crippen LogP contribution in [0, 0.1) is 0 Å². The van der Waals surface area contributed by atoms with E-state index in [9.17, 15) is 4.79 Å². The highest BCUT2D eigenvalue weighted by molar-refractivity contribution is 7.17. The molecule has 0 spiro atoms. The molecule has 4 rings (SSSR count). The highest BCUT2D eigenvalue weighted by Crippen LogP contribution is 2.29. The van der Waals surface area contributed by atoms with Crippen molar-refractivity contribution in [2.24, 2.45) is 0 Å². The van der Waals surface area contributed by atoms with Crippen molar-refractivity contribution < 1.29 is 4.79 Å². The minimum atomic E-state index is -0.583. The van der Waals surface area contributed by atoms with Gasteiger partial charge in [-0.1, -0.05) is 18.2 Å². The minimum Gasteiger partial charge on any atom is -0.350 e. The minimum absolute atomic E-state index is 0.0583. The Hall–Kier alpha value is -2.18. The maximum atomic E-state index is 13.1. The molecule has 3 heterocycles. The summed E-state index contributed by atoms with van der Waals surface area (Å²) in [5, 5.41) is 14.2. The quantitative estimate of drug-likeness (QED) is 0.767. The fourth-order valence-electron chi connectivity index (χ4n) is 3.43. The van der Waals surface area contributed by atoms with Crippen molar-refractivity contribution in [3.63, 3.8) is 0 Å². The van der Waals surface area contributed by atoms with E-state index in [0.29, 0.717) is 6.54 Å². The lowest BCUT2D eigenvalue weighted by Gasteiger charge is -2.36. The number of fused-ring (bicyclic) bond motifs is 1. The van der Waals surface area contributed by atoms with Gasteiger partial charge in [-0.3, -0.25) is 9.48 Å². The van der Waals surface area contributed by atoms with E-state index in [1.807, 2.05) is 29.1 Å². The Labute approximate surface area is 144 Å². The smallest absolute Gasteiger partial charge is 0.248 e. The third-order valence-electron chi connectivity index (χ3n) is 4.80. The summed E-state index contributed by atoms with van der Waals surface area (Å²) >= 11 is 1.72. The number of amides is 1. The number of nitrogens with one attached hydrogen (secondary N) is 2. The summed E-state index contributed by atoms with van der Waals surface area (Å²) < 4.78 is 3.08. The largest absolute Gasteiger partial charge is 0.350 e. The van der Waals surface area contributed by atoms with E-state index in [1.54, 1.807) is 17.5 Å². The summed E-state index contributed by atoms with van der Waals surface area (Å²) in [5.74, 6) is 0.0583. The summed E-state index contributed by atoms with van der Waals surface area (Å²) in [4.78, 5) is 13.1. The molecule has 0 saturated carbocycles. The number of thiophene rings is 1. The molecule has 5 nitrogen and oxygen atoms in total. The van der Waals surface area contributed by atoms with Crippen LogP contribution in [0.25, 0.3) is 10.1 Å². The van der Waals surface area contributed by atoms with E-state index in [-0.39, 0.29) is 5.91 Å². The van der Waals surface area contributed by atoms with Gasteiger partial charge in [0, 0.05) is 23.6 Å². The van der Waals surface area contributed by atoms with Gasteiger partial charge in [-0.2, -0.15) is 5.10 Å². The van der Waals surface area contributed by atoms with Crippen LogP contribution in [-0.2, 0) is 16.9 Å². The fourth-order valence-corrected chi connectivity index (χ4v) is 4.40. The monoisotopic (exact) mass is 340 g/mol. The number of hydrogen-bond donors (Lipinski definition) is 2. The predicted molar refractivity (Wildman–Crippen MR) is 96.0 cm³/mol. The molecule has 2 N–H and O–H groups in total. The molecule has 3 aromatic rings. The predicted octanol–water partition coefficient (Wildman–Crippen LogP) is 2.49. The molecule has 2 aromatic heterocycles. The van der Waals surface area contributed by atoms with Crippen molar-refractivity contribution in [3.05, 3.63) is 53.7 Å². The zero-order valence-electron chi connectivity index (χ0n) is 13.4. The Morgan fingerprint density at radius 3 is 2.92 bits per heavy atom. The molecule has 0 unspecified atom stereocenters. The first kappa shape index (κ1) is 15.4. The van der Waals surface area contributed by atoms with Crippen LogP contribution in [0.4, 0.5) is 0 Å². The molecule has 1 amide bonds. The van der Waals surface area contributed by atoms with Crippen LogP contribution in [0.2, 0.25) is 0 Å². The van der Waals surface area contributed by atoms with Crippen LogP contribution >= 0.6 is 11.3 Å². The van der Waals surface area contributed by atoms with Crippen LogP contribution < -0.4 is 10.6 Å². The molecular weight excluding hydrogens is 320 g/mol. The molecule has 1 aliphatic rings. The lowest BCUT2D eigenvalue weighted by Crippen LogP contribution is -2.54. The van der Waals surface area contributed by atoms with Crippen molar-refractivity contribution in [1.29, 1.82) is 0 Å². The van der Waals surface area contributed by atoms with Gasteiger partial charge in [0.25, 0.3) is 0 Å². The summed E-state index contributed by atoms with van der Waals surface area (Å²) in [6.07, 6.45) is 5.14. The lowest BCUT2D eigenvalue weighted by atomic mass is 9.87. The zero-order chi connectivity index (χ0) is 16.4. The molecule has 0 atom stereocenters. The summed E-state index contributed by atoms with van der Waals surface area (Å²) in [6.45, 7) is 2.21. The molecule has 0 bridgehead atoms. The average Bonchev–Trinajstić information content (AvgIpc) is 3.30. The number of benzene rings is 1. The van der Waals surface area contributed by atoms with E-state index < -0.39 is 5.54 Å². The Bertz CT molecular complexity index is 834. The second-order valence-corrected chi connectivity index (χ2v) is 7.08. The maximum Gasteiger partial charge on any atom is 0.248 e. The summed E-state index contributed by atoms with van der Waals surface area (Å²) in [7, 11) is 0. The van der Waals surface area contributed by atoms with Crippen LogP contribution in [0.3, 0.4) is 0 Å². The van der Waals surface area contributed by atoms with E-state index in [2.05, 4.69) is 33.2 Å². The number of carbonyl (C=O) groups is 1. The number of carbonyl (C=O) groups excluding carboxylic acids is 1. The molecule has 0 aliphatic carbocycles. The third-order valence-corrected chi connectivity index (χ3v) is 5.81. The van der Waals surface area contributed by atoms with Gasteiger partial charge in [-0.05, 0) is 54.4 Å². The first-order chi connectivity index (χ1) is 11.8. The number of piperidine rings is 1. The van der Waals surface area contributed by atoms with Crippen LogP contribution in [0.15, 0.2) is 48.1 Å². The maximum absolute atomic E-state index is 13.1. The molecule has 6 heteroatoms. The lowest BCUT2D eigenvalue weighted by molar-refractivity contribution is -0.132. The van der Waals surface area contributed by atoms with Gasteiger partial charge >= 0.3 is 0 Å². The SMILES string of the molecule is O=C(NCc1csc2ccccc12)C1(n2cccn2)CCNCC1. The van der Waals surface area contributed by atoms with Crippen molar-refractivity contribution in [2.45, 2.75) is 24.9 Å². The molecule has 1 aliphatic heterocycles. The zero-order valence-corrected chi connectivity index (χ0v) is 14.2. The third kappa shape index (κ3) is 2.61. The number of rotatable bonds is 4. The molecule has 1 fully saturated rings. The van der Waals surface area contributed by atoms with Crippen molar-refractivity contribution in [1.82, 2.24) is 20.4 Å². The standard InChI is InChI=1S/C18H20N4OS/c23-17(18(6-9-19-10-7-18)22-11-3-8-21-22)20-12-14-13-24-16-5-2-1-4-15(14)16/h1-5,8,11,13,19H,6-7,9-10,12H2,(H,20,23). The van der Waals surface area contributed by atoms with Crippen LogP contribution in [0.5, 0.6) is 0 Å². The van der Waals surface area contributed by atoms with Crippen LogP contribution in [-0.4, -0.2) is 28.8 Å². The summed E-state index contributed by atoms with van der Waals surface area (Å²) in [5.41, 5.74) is 0.592. The van der Waals surface area contributed by atoms with Crippen LogP contribution in [0.1, 0.15) is 18.4 Å². The van der Waals surface area contributed by atoms with Gasteiger partial charge in [-0.25, -0.2) is 0 Å². The first-order valence-corrected chi connectivity index (χ1v) is 9.12. The molecular formula is C18H20N4OS. The van der Waals surface area contributed by atoms with E-state index in [4.69, 9.17) is 0 Å². The van der Waals surface area contributed by atoms with Crippen molar-refractivity contribution >= 4 is 27.3 Å². The number of nitrogens with zero attached hydrogens (tertiary/aromatic N) is 2. The van der Waals surface area contributed by atoms with Gasteiger partial charge in [0.2, 0.25) is 5.91 Å². The summed E-state index contributed by atoms with van der Waals surface area (Å²) in [6, 6.07) is 10.2. The average molecular weight is 340 g/mol. The highest BCUT2D eigenvalue weighted by atomic mass is 32.1. The van der Waals surface area contributed by atoms with E-state index in [1.165, 1.54) is 15.6 Å². The van der Waals surface area contributed by atoms with E-state index in [0.717, 1.165) is 25.9 Å². The molecule has 1 aromatic carbocycles. The number of aromatic nitrogens is 2. The Morgan fingerprint density at radius 1 is 1.29 bits per heavy atom. The Kier molecular flexibility index (Phi) is 4.08. The Morgan fingerprint density at radius 2 is 2.12 bits per heavy atom.